The van der Waals surface area contributed by atoms with E-state index in [4.69, 9.17) is 0 Å². The van der Waals surface area contributed by atoms with Crippen LogP contribution in [0.15, 0.2) is 0 Å². The van der Waals surface area contributed by atoms with Crippen molar-refractivity contribution in [3.05, 3.63) is 0 Å². The second-order valence-electron chi connectivity index (χ2n) is 8.49. The van der Waals surface area contributed by atoms with Gasteiger partial charge in [-0.15, -0.1) is 0 Å². The fraction of sp³-hybridized carbons (Fsp3) is 1.00. The lowest BCUT2D eigenvalue weighted by Gasteiger charge is -2.45. The molecule has 2 nitrogen and oxygen atoms in total. The number of hydrogen-bond acceptors (Lipinski definition) is 2. The molecule has 0 aromatic carbocycles. The number of hydrogen-bond donors (Lipinski definition) is 1. The van der Waals surface area contributed by atoms with Crippen LogP contribution in [0.4, 0.5) is 0 Å². The Morgan fingerprint density at radius 1 is 1.11 bits per heavy atom. The smallest absolute Gasteiger partial charge is 0.00772 e. The Morgan fingerprint density at radius 3 is 2.11 bits per heavy atom. The zero-order valence-corrected chi connectivity index (χ0v) is 14.3. The lowest BCUT2D eigenvalue weighted by molar-refractivity contribution is 0.0847. The van der Waals surface area contributed by atoms with Crippen LogP contribution in [0.25, 0.3) is 0 Å². The maximum Gasteiger partial charge on any atom is 0.00772 e. The van der Waals surface area contributed by atoms with E-state index >= 15 is 0 Å². The van der Waals surface area contributed by atoms with Crippen LogP contribution >= 0.6 is 0 Å². The van der Waals surface area contributed by atoms with Gasteiger partial charge < -0.3 is 10.2 Å². The standard InChI is InChI=1S/C17H36N2/c1-14(2)19(7)10-8-9-18-15-11-16(3,4)13-17(5,6)12-15/h14-15,18H,8-13H2,1-7H3. The van der Waals surface area contributed by atoms with Crippen molar-refractivity contribution in [1.29, 1.82) is 0 Å². The van der Waals surface area contributed by atoms with Crippen LogP contribution in [0.5, 0.6) is 0 Å². The third kappa shape index (κ3) is 6.27. The van der Waals surface area contributed by atoms with Crippen molar-refractivity contribution in [3.63, 3.8) is 0 Å². The Kier molecular flexibility index (Phi) is 5.88. The van der Waals surface area contributed by atoms with Crippen molar-refractivity contribution < 1.29 is 0 Å². The molecule has 1 N–H and O–H groups in total. The van der Waals surface area contributed by atoms with Crippen molar-refractivity contribution in [2.45, 2.75) is 79.3 Å². The van der Waals surface area contributed by atoms with E-state index < -0.39 is 0 Å². The predicted molar refractivity (Wildman–Crippen MR) is 85.6 cm³/mol. The first-order valence-corrected chi connectivity index (χ1v) is 8.05. The molecular formula is C17H36N2. The van der Waals surface area contributed by atoms with Gasteiger partial charge in [0, 0.05) is 12.1 Å². The maximum absolute atomic E-state index is 3.80. The molecule has 1 aliphatic rings. The fourth-order valence-electron chi connectivity index (χ4n) is 3.88. The average Bonchev–Trinajstić information content (AvgIpc) is 2.19. The highest BCUT2D eigenvalue weighted by atomic mass is 15.1. The van der Waals surface area contributed by atoms with E-state index in [2.05, 4.69) is 58.8 Å². The largest absolute Gasteiger partial charge is 0.314 e. The lowest BCUT2D eigenvalue weighted by atomic mass is 9.63. The molecule has 0 amide bonds. The van der Waals surface area contributed by atoms with Crippen LogP contribution in [0, 0.1) is 10.8 Å². The number of nitrogens with zero attached hydrogens (tertiary/aromatic N) is 1. The SMILES string of the molecule is CC(C)N(C)CCCNC1CC(C)(C)CC(C)(C)C1. The Hall–Kier alpha value is -0.0800. The second kappa shape index (κ2) is 6.58. The van der Waals surface area contributed by atoms with Crippen LogP contribution in [0.1, 0.15) is 67.2 Å². The molecule has 0 aromatic rings. The molecule has 0 bridgehead atoms. The highest BCUT2D eigenvalue weighted by Crippen LogP contribution is 2.45. The predicted octanol–water partition coefficient (Wildman–Crippen LogP) is 3.91. The highest BCUT2D eigenvalue weighted by Gasteiger charge is 2.37. The molecule has 1 aliphatic carbocycles. The van der Waals surface area contributed by atoms with Gasteiger partial charge in [-0.2, -0.15) is 0 Å². The van der Waals surface area contributed by atoms with Crippen molar-refractivity contribution >= 4 is 0 Å². The van der Waals surface area contributed by atoms with Crippen molar-refractivity contribution in [2.75, 3.05) is 20.1 Å². The van der Waals surface area contributed by atoms with Crippen LogP contribution in [-0.4, -0.2) is 37.1 Å². The van der Waals surface area contributed by atoms with Gasteiger partial charge in [0.15, 0.2) is 0 Å². The van der Waals surface area contributed by atoms with Gasteiger partial charge in [0.1, 0.15) is 0 Å². The van der Waals surface area contributed by atoms with E-state index in [1.165, 1.54) is 32.2 Å². The number of rotatable bonds is 6. The quantitative estimate of drug-likeness (QED) is 0.735. The van der Waals surface area contributed by atoms with Crippen LogP contribution in [0.2, 0.25) is 0 Å². The van der Waals surface area contributed by atoms with Crippen LogP contribution in [0.3, 0.4) is 0 Å². The van der Waals surface area contributed by atoms with Crippen LogP contribution in [-0.2, 0) is 0 Å². The van der Waals surface area contributed by atoms with Crippen molar-refractivity contribution in [1.82, 2.24) is 10.2 Å². The minimum absolute atomic E-state index is 0.494. The summed E-state index contributed by atoms with van der Waals surface area (Å²) in [7, 11) is 2.22. The van der Waals surface area contributed by atoms with E-state index in [1.807, 2.05) is 0 Å². The molecule has 1 fully saturated rings. The fourth-order valence-corrected chi connectivity index (χ4v) is 3.88. The minimum atomic E-state index is 0.494. The number of nitrogens with one attached hydrogen (secondary N) is 1. The summed E-state index contributed by atoms with van der Waals surface area (Å²) in [6, 6.07) is 1.37. The summed E-state index contributed by atoms with van der Waals surface area (Å²) in [6.07, 6.45) is 5.27. The minimum Gasteiger partial charge on any atom is -0.314 e. The van der Waals surface area contributed by atoms with Gasteiger partial charge >= 0.3 is 0 Å². The molecule has 0 spiro atoms. The lowest BCUT2D eigenvalue weighted by Crippen LogP contribution is -2.44. The summed E-state index contributed by atoms with van der Waals surface area (Å²) < 4.78 is 0. The summed E-state index contributed by atoms with van der Waals surface area (Å²) in [5.74, 6) is 0. The molecule has 19 heavy (non-hydrogen) atoms. The Balaban J connectivity index is 2.29. The summed E-state index contributed by atoms with van der Waals surface area (Å²) in [4.78, 5) is 2.43. The van der Waals surface area contributed by atoms with E-state index in [0.29, 0.717) is 22.9 Å². The summed E-state index contributed by atoms with van der Waals surface area (Å²) in [6.45, 7) is 16.6. The van der Waals surface area contributed by atoms with E-state index in [1.54, 1.807) is 0 Å². The highest BCUT2D eigenvalue weighted by molar-refractivity contribution is 4.92. The Labute approximate surface area is 121 Å². The average molecular weight is 268 g/mol. The van der Waals surface area contributed by atoms with Crippen molar-refractivity contribution in [3.8, 4) is 0 Å². The molecule has 1 saturated carbocycles. The summed E-state index contributed by atoms with van der Waals surface area (Å²) in [5.41, 5.74) is 0.988. The normalized spacial score (nSPS) is 23.2. The second-order valence-corrected chi connectivity index (χ2v) is 8.49. The molecule has 1 rings (SSSR count). The maximum atomic E-state index is 3.80. The Bertz CT molecular complexity index is 252. The summed E-state index contributed by atoms with van der Waals surface area (Å²) in [5, 5.41) is 3.80. The molecule has 0 aromatic heterocycles. The van der Waals surface area contributed by atoms with Gasteiger partial charge in [-0.1, -0.05) is 27.7 Å². The first-order valence-electron chi connectivity index (χ1n) is 8.05. The monoisotopic (exact) mass is 268 g/mol. The molecule has 0 radical (unpaired) electrons. The van der Waals surface area contributed by atoms with Gasteiger partial charge in [-0.25, -0.2) is 0 Å². The molecule has 0 saturated heterocycles. The molecule has 0 unspecified atom stereocenters. The molecule has 0 heterocycles. The Morgan fingerprint density at radius 2 is 1.63 bits per heavy atom. The van der Waals surface area contributed by atoms with E-state index in [-0.39, 0.29) is 0 Å². The zero-order valence-electron chi connectivity index (χ0n) is 14.3. The molecule has 0 atom stereocenters. The van der Waals surface area contributed by atoms with Gasteiger partial charge in [-0.3, -0.25) is 0 Å². The van der Waals surface area contributed by atoms with Gasteiger partial charge in [0.25, 0.3) is 0 Å². The molecule has 0 aliphatic heterocycles. The molecule has 114 valence electrons. The first kappa shape index (κ1) is 17.0. The molecular weight excluding hydrogens is 232 g/mol. The molecule has 2 heteroatoms. The van der Waals surface area contributed by atoms with Crippen molar-refractivity contribution in [2.24, 2.45) is 10.8 Å². The van der Waals surface area contributed by atoms with Gasteiger partial charge in [-0.05, 0) is 70.5 Å². The van der Waals surface area contributed by atoms with Gasteiger partial charge in [0.2, 0.25) is 0 Å². The van der Waals surface area contributed by atoms with Gasteiger partial charge in [0.05, 0.1) is 0 Å². The summed E-state index contributed by atoms with van der Waals surface area (Å²) >= 11 is 0. The third-order valence-corrected chi connectivity index (χ3v) is 4.56. The van der Waals surface area contributed by atoms with E-state index in [9.17, 15) is 0 Å². The zero-order chi connectivity index (χ0) is 14.7. The van der Waals surface area contributed by atoms with E-state index in [0.717, 1.165) is 6.54 Å². The first-order chi connectivity index (χ1) is 8.61. The topological polar surface area (TPSA) is 15.3 Å². The van der Waals surface area contributed by atoms with Crippen LogP contribution < -0.4 is 5.32 Å². The third-order valence-electron chi connectivity index (χ3n) is 4.56.